The molecule has 26 heavy (non-hydrogen) atoms. The lowest BCUT2D eigenvalue weighted by Gasteiger charge is -2.22. The van der Waals surface area contributed by atoms with Crippen molar-refractivity contribution < 1.29 is 0 Å². The van der Waals surface area contributed by atoms with E-state index >= 15 is 0 Å². The van der Waals surface area contributed by atoms with E-state index < -0.39 is 0 Å². The van der Waals surface area contributed by atoms with Gasteiger partial charge in [0.25, 0.3) is 0 Å². The van der Waals surface area contributed by atoms with Gasteiger partial charge in [-0.05, 0) is 53.3 Å². The highest BCUT2D eigenvalue weighted by molar-refractivity contribution is 4.67. The highest BCUT2D eigenvalue weighted by Crippen LogP contribution is 2.28. The molecule has 0 aliphatic carbocycles. The summed E-state index contributed by atoms with van der Waals surface area (Å²) in [6, 6.07) is 0. The maximum absolute atomic E-state index is 2.41. The van der Waals surface area contributed by atoms with Gasteiger partial charge in [0.05, 0.1) is 0 Å². The molecule has 0 nitrogen and oxygen atoms in total. The molecule has 0 aromatic heterocycles. The quantitative estimate of drug-likeness (QED) is 0.419. The summed E-state index contributed by atoms with van der Waals surface area (Å²) in [5.41, 5.74) is 2.07. The molecular formula is C26H56. The third-order valence-electron chi connectivity index (χ3n) is 4.86. The second-order valence-electron chi connectivity index (χ2n) is 13.6. The Bertz CT molecular complexity index is 307. The van der Waals surface area contributed by atoms with Gasteiger partial charge >= 0.3 is 0 Å². The molecule has 0 saturated carbocycles. The third kappa shape index (κ3) is 28.8. The molecule has 1 unspecified atom stereocenters. The van der Waals surface area contributed by atoms with E-state index in [1.54, 1.807) is 0 Å². The molecular weight excluding hydrogens is 312 g/mol. The molecule has 0 bridgehead atoms. The van der Waals surface area contributed by atoms with Crippen LogP contribution in [-0.4, -0.2) is 0 Å². The van der Waals surface area contributed by atoms with Crippen molar-refractivity contribution in [1.29, 1.82) is 0 Å². The van der Waals surface area contributed by atoms with Crippen molar-refractivity contribution in [1.82, 2.24) is 0 Å². The molecule has 1 atom stereocenters. The summed E-state index contributed by atoms with van der Waals surface area (Å²) in [6.07, 6.45) is 11.0. The SMILES string of the molecule is CC(C)(C)CCCC(C)(C)C.CC(CCCC(C)(C)C)CCC(C)(C)C. The molecule has 0 saturated heterocycles. The van der Waals surface area contributed by atoms with Crippen LogP contribution in [0.2, 0.25) is 0 Å². The average Bonchev–Trinajstić information content (AvgIpc) is 2.31. The minimum Gasteiger partial charge on any atom is -0.0625 e. The lowest BCUT2D eigenvalue weighted by atomic mass is 9.84. The van der Waals surface area contributed by atoms with Crippen molar-refractivity contribution in [3.05, 3.63) is 0 Å². The van der Waals surface area contributed by atoms with E-state index in [4.69, 9.17) is 0 Å². The maximum Gasteiger partial charge on any atom is -0.0383 e. The van der Waals surface area contributed by atoms with Crippen molar-refractivity contribution in [3.63, 3.8) is 0 Å². The smallest absolute Gasteiger partial charge is 0.0383 e. The van der Waals surface area contributed by atoms with Gasteiger partial charge in [0.2, 0.25) is 0 Å². The Morgan fingerprint density at radius 3 is 1.04 bits per heavy atom. The summed E-state index contributed by atoms with van der Waals surface area (Å²) in [6.45, 7) is 30.3. The predicted molar refractivity (Wildman–Crippen MR) is 124 cm³/mol. The van der Waals surface area contributed by atoms with E-state index in [2.05, 4.69) is 90.0 Å². The molecule has 0 heteroatoms. The molecule has 160 valence electrons. The van der Waals surface area contributed by atoms with E-state index in [9.17, 15) is 0 Å². The summed E-state index contributed by atoms with van der Waals surface area (Å²) in [4.78, 5) is 0. The summed E-state index contributed by atoms with van der Waals surface area (Å²) < 4.78 is 0. The van der Waals surface area contributed by atoms with Gasteiger partial charge in [-0.15, -0.1) is 0 Å². The van der Waals surface area contributed by atoms with E-state index in [-0.39, 0.29) is 0 Å². The molecule has 0 fully saturated rings. The third-order valence-corrected chi connectivity index (χ3v) is 4.86. The zero-order chi connectivity index (χ0) is 21.2. The molecule has 0 N–H and O–H groups in total. The minimum atomic E-state index is 0.512. The largest absolute Gasteiger partial charge is 0.0625 e. The van der Waals surface area contributed by atoms with Crippen molar-refractivity contribution in [2.24, 2.45) is 27.6 Å². The van der Waals surface area contributed by atoms with Gasteiger partial charge in [-0.1, -0.05) is 116 Å². The average molecular weight is 369 g/mol. The van der Waals surface area contributed by atoms with Crippen LogP contribution in [0.4, 0.5) is 0 Å². The Hall–Kier alpha value is 0. The molecule has 0 amide bonds. The molecule has 0 rings (SSSR count). The lowest BCUT2D eigenvalue weighted by molar-refractivity contribution is 0.301. The maximum atomic E-state index is 2.41. The first-order valence-corrected chi connectivity index (χ1v) is 11.3. The number of hydrogen-bond acceptors (Lipinski definition) is 0. The van der Waals surface area contributed by atoms with Gasteiger partial charge < -0.3 is 0 Å². The Morgan fingerprint density at radius 1 is 0.423 bits per heavy atom. The first kappa shape index (κ1) is 28.2. The monoisotopic (exact) mass is 368 g/mol. The highest BCUT2D eigenvalue weighted by Gasteiger charge is 2.15. The fraction of sp³-hybridized carbons (Fsp3) is 1.00. The Kier molecular flexibility index (Phi) is 12.8. The predicted octanol–water partition coefficient (Wildman–Crippen LogP) is 9.91. The van der Waals surface area contributed by atoms with Crippen LogP contribution in [-0.2, 0) is 0 Å². The standard InChI is InChI=1S/C15H32.C11H24/c1-13(10-12-15(5,6)7)9-8-11-14(2,3)4;1-10(2,3)8-7-9-11(4,5)6/h13H,8-12H2,1-7H3;7-9H2,1-6H3. The van der Waals surface area contributed by atoms with Gasteiger partial charge in [-0.25, -0.2) is 0 Å². The van der Waals surface area contributed by atoms with Crippen molar-refractivity contribution >= 4 is 0 Å². The molecule has 0 aliphatic rings. The van der Waals surface area contributed by atoms with Crippen molar-refractivity contribution in [2.75, 3.05) is 0 Å². The summed E-state index contributed by atoms with van der Waals surface area (Å²) >= 11 is 0. The Morgan fingerprint density at radius 2 is 0.731 bits per heavy atom. The van der Waals surface area contributed by atoms with Gasteiger partial charge in [-0.3, -0.25) is 0 Å². The summed E-state index contributed by atoms with van der Waals surface area (Å²) in [7, 11) is 0. The molecule has 0 spiro atoms. The minimum absolute atomic E-state index is 0.512. The number of rotatable bonds is 7. The fourth-order valence-corrected chi connectivity index (χ4v) is 2.95. The normalized spacial score (nSPS) is 14.7. The van der Waals surface area contributed by atoms with Crippen LogP contribution in [0.5, 0.6) is 0 Å². The van der Waals surface area contributed by atoms with E-state index in [1.807, 2.05) is 0 Å². The molecule has 0 aromatic rings. The molecule has 0 aromatic carbocycles. The van der Waals surface area contributed by atoms with Crippen LogP contribution >= 0.6 is 0 Å². The first-order chi connectivity index (χ1) is 11.3. The fourth-order valence-electron chi connectivity index (χ4n) is 2.95. The lowest BCUT2D eigenvalue weighted by Crippen LogP contribution is -2.09. The zero-order valence-electron chi connectivity index (χ0n) is 21.2. The summed E-state index contributed by atoms with van der Waals surface area (Å²) in [5.74, 6) is 0.909. The topological polar surface area (TPSA) is 0 Å². The van der Waals surface area contributed by atoms with Crippen LogP contribution in [0.1, 0.15) is 141 Å². The second kappa shape index (κ2) is 11.8. The Labute approximate surface area is 169 Å². The van der Waals surface area contributed by atoms with Crippen molar-refractivity contribution in [3.8, 4) is 0 Å². The number of hydrogen-bond donors (Lipinski definition) is 0. The summed E-state index contributed by atoms with van der Waals surface area (Å²) in [5, 5.41) is 0. The van der Waals surface area contributed by atoms with Gasteiger partial charge in [0.1, 0.15) is 0 Å². The van der Waals surface area contributed by atoms with Crippen molar-refractivity contribution in [2.45, 2.75) is 141 Å². The second-order valence-corrected chi connectivity index (χ2v) is 13.6. The van der Waals surface area contributed by atoms with E-state index in [1.165, 1.54) is 51.4 Å². The van der Waals surface area contributed by atoms with Gasteiger partial charge in [-0.2, -0.15) is 0 Å². The van der Waals surface area contributed by atoms with Crippen LogP contribution in [0.15, 0.2) is 0 Å². The van der Waals surface area contributed by atoms with Gasteiger partial charge in [0, 0.05) is 0 Å². The van der Waals surface area contributed by atoms with E-state index in [0.717, 1.165) is 5.92 Å². The van der Waals surface area contributed by atoms with E-state index in [0.29, 0.717) is 21.7 Å². The molecule has 0 radical (unpaired) electrons. The molecule has 0 aliphatic heterocycles. The van der Waals surface area contributed by atoms with Crippen LogP contribution in [0.3, 0.4) is 0 Å². The Balaban J connectivity index is 0. The van der Waals surface area contributed by atoms with Gasteiger partial charge in [0.15, 0.2) is 0 Å². The van der Waals surface area contributed by atoms with Crippen LogP contribution in [0.25, 0.3) is 0 Å². The van der Waals surface area contributed by atoms with Crippen LogP contribution < -0.4 is 0 Å². The van der Waals surface area contributed by atoms with Crippen LogP contribution in [0, 0.1) is 27.6 Å². The molecule has 0 heterocycles. The highest BCUT2D eigenvalue weighted by atomic mass is 14.2. The zero-order valence-corrected chi connectivity index (χ0v) is 21.2. The first-order valence-electron chi connectivity index (χ1n) is 11.3.